The summed E-state index contributed by atoms with van der Waals surface area (Å²) < 4.78 is 0. The highest BCUT2D eigenvalue weighted by molar-refractivity contribution is 8.14. The van der Waals surface area contributed by atoms with Crippen molar-refractivity contribution in [2.75, 3.05) is 20.1 Å². The van der Waals surface area contributed by atoms with Crippen molar-refractivity contribution in [1.82, 2.24) is 9.88 Å². The number of hydrogen-bond donors (Lipinski definition) is 2. The molecule has 0 aromatic carbocycles. The summed E-state index contributed by atoms with van der Waals surface area (Å²) in [6, 6.07) is 3.96. The van der Waals surface area contributed by atoms with Crippen molar-refractivity contribution in [1.29, 1.82) is 5.41 Å². The maximum atomic E-state index is 7.33. The van der Waals surface area contributed by atoms with Gasteiger partial charge in [-0.3, -0.25) is 9.98 Å². The summed E-state index contributed by atoms with van der Waals surface area (Å²) >= 11 is 1.56. The van der Waals surface area contributed by atoms with Gasteiger partial charge in [0.15, 0.2) is 0 Å². The molecule has 0 unspecified atom stereocenters. The SMILES string of the molecule is C/C=N\C(=C/C=C=C(C)/C(=N/C)Sc1ccc(C/C(C=N)=C/N)nc1)N1CCCCC1. The Bertz CT molecular complexity index is 912. The summed E-state index contributed by atoms with van der Waals surface area (Å²) in [5.41, 5.74) is 11.4. The second-order valence-electron chi connectivity index (χ2n) is 7.07. The Morgan fingerprint density at radius 3 is 2.68 bits per heavy atom. The molecule has 0 spiro atoms. The number of hydrogen-bond acceptors (Lipinski definition) is 7. The van der Waals surface area contributed by atoms with Crippen LogP contribution in [0.3, 0.4) is 0 Å². The quantitative estimate of drug-likeness (QED) is 0.202. The van der Waals surface area contributed by atoms with Crippen LogP contribution >= 0.6 is 11.8 Å². The molecule has 3 N–H and O–H groups in total. The van der Waals surface area contributed by atoms with Crippen LogP contribution in [0.15, 0.2) is 74.3 Å². The van der Waals surface area contributed by atoms with Gasteiger partial charge in [-0.15, -0.1) is 5.73 Å². The number of allylic oxidation sites excluding steroid dienone is 2. The minimum absolute atomic E-state index is 0.549. The van der Waals surface area contributed by atoms with Crippen molar-refractivity contribution >= 4 is 29.2 Å². The summed E-state index contributed by atoms with van der Waals surface area (Å²) in [7, 11) is 1.79. The molecule has 1 aliphatic rings. The van der Waals surface area contributed by atoms with Crippen LogP contribution in [0, 0.1) is 5.41 Å². The van der Waals surface area contributed by atoms with E-state index < -0.39 is 0 Å². The van der Waals surface area contributed by atoms with E-state index in [1.165, 1.54) is 31.7 Å². The third kappa shape index (κ3) is 8.04. The van der Waals surface area contributed by atoms with Gasteiger partial charge in [0.1, 0.15) is 10.9 Å². The van der Waals surface area contributed by atoms with Gasteiger partial charge in [-0.25, -0.2) is 4.99 Å². The van der Waals surface area contributed by atoms with Gasteiger partial charge in [-0.05, 0) is 69.2 Å². The van der Waals surface area contributed by atoms with Crippen molar-refractivity contribution in [2.24, 2.45) is 15.7 Å². The number of likely N-dealkylation sites (tertiary alicyclic amines) is 1. The number of aromatic nitrogens is 1. The maximum Gasteiger partial charge on any atom is 0.128 e. The maximum absolute atomic E-state index is 7.33. The smallest absolute Gasteiger partial charge is 0.128 e. The van der Waals surface area contributed by atoms with E-state index >= 15 is 0 Å². The van der Waals surface area contributed by atoms with E-state index in [2.05, 4.69) is 25.6 Å². The highest BCUT2D eigenvalue weighted by Gasteiger charge is 2.11. The van der Waals surface area contributed by atoms with Gasteiger partial charge in [0.25, 0.3) is 0 Å². The number of rotatable bonds is 8. The predicted molar refractivity (Wildman–Crippen MR) is 133 cm³/mol. The van der Waals surface area contributed by atoms with Crippen molar-refractivity contribution in [3.8, 4) is 0 Å². The molecule has 1 saturated heterocycles. The van der Waals surface area contributed by atoms with Gasteiger partial charge >= 0.3 is 0 Å². The molecular weight excluding hydrogens is 404 g/mol. The first kappa shape index (κ1) is 24.4. The van der Waals surface area contributed by atoms with Gasteiger partial charge < -0.3 is 16.0 Å². The van der Waals surface area contributed by atoms with Crippen molar-refractivity contribution in [3.05, 3.63) is 65.1 Å². The fraction of sp³-hybridized carbons (Fsp3) is 0.375. The number of piperidine rings is 1. The minimum Gasteiger partial charge on any atom is -0.404 e. The van der Waals surface area contributed by atoms with Gasteiger partial charge in [0, 0.05) is 61.3 Å². The van der Waals surface area contributed by atoms with Crippen molar-refractivity contribution in [2.45, 2.75) is 44.4 Å². The normalized spacial score (nSPS) is 15.7. The summed E-state index contributed by atoms with van der Waals surface area (Å²) in [5.74, 6) is 0.987. The second-order valence-corrected chi connectivity index (χ2v) is 8.14. The monoisotopic (exact) mass is 436 g/mol. The molecule has 1 aliphatic heterocycles. The number of nitrogens with two attached hydrogens (primary N) is 1. The highest BCUT2D eigenvalue weighted by Crippen LogP contribution is 2.23. The van der Waals surface area contributed by atoms with Crippen LogP contribution in [0.4, 0.5) is 0 Å². The van der Waals surface area contributed by atoms with E-state index in [1.807, 2.05) is 50.5 Å². The zero-order valence-corrected chi connectivity index (χ0v) is 19.5. The first-order chi connectivity index (χ1) is 15.1. The van der Waals surface area contributed by atoms with E-state index in [1.54, 1.807) is 18.8 Å². The van der Waals surface area contributed by atoms with Crippen LogP contribution in [0.1, 0.15) is 38.8 Å². The van der Waals surface area contributed by atoms with Gasteiger partial charge in [-0.2, -0.15) is 0 Å². The van der Waals surface area contributed by atoms with Crippen molar-refractivity contribution < 1.29 is 0 Å². The Morgan fingerprint density at radius 1 is 1.32 bits per heavy atom. The number of aliphatic imine (C=N–C) groups is 2. The lowest BCUT2D eigenvalue weighted by Gasteiger charge is -2.28. The molecule has 0 radical (unpaired) electrons. The zero-order chi connectivity index (χ0) is 22.5. The van der Waals surface area contributed by atoms with E-state index in [9.17, 15) is 0 Å². The summed E-state index contributed by atoms with van der Waals surface area (Å²) in [5, 5.41) is 8.22. The van der Waals surface area contributed by atoms with Gasteiger partial charge in [0.05, 0.1) is 0 Å². The Balaban J connectivity index is 2.10. The van der Waals surface area contributed by atoms with E-state index in [0.29, 0.717) is 6.42 Å². The van der Waals surface area contributed by atoms with Crippen LogP contribution in [0.2, 0.25) is 0 Å². The number of thioether (sulfide) groups is 1. The lowest BCUT2D eigenvalue weighted by Crippen LogP contribution is -2.28. The van der Waals surface area contributed by atoms with Gasteiger partial charge in [-0.1, -0.05) is 11.8 Å². The van der Waals surface area contributed by atoms with E-state index in [4.69, 9.17) is 11.1 Å². The Morgan fingerprint density at radius 2 is 2.10 bits per heavy atom. The first-order valence-electron chi connectivity index (χ1n) is 10.5. The first-order valence-corrected chi connectivity index (χ1v) is 11.3. The predicted octanol–water partition coefficient (Wildman–Crippen LogP) is 4.76. The molecule has 0 bridgehead atoms. The molecular formula is C24H32N6S. The minimum atomic E-state index is 0.549. The number of nitrogens with zero attached hydrogens (tertiary/aromatic N) is 4. The molecule has 2 heterocycles. The van der Waals surface area contributed by atoms with E-state index in [-0.39, 0.29) is 0 Å². The van der Waals surface area contributed by atoms with Crippen LogP contribution in [-0.4, -0.2) is 47.5 Å². The number of pyridine rings is 1. The topological polar surface area (TPSA) is 90.7 Å². The fourth-order valence-corrected chi connectivity index (χ4v) is 3.90. The lowest BCUT2D eigenvalue weighted by atomic mass is 10.1. The largest absolute Gasteiger partial charge is 0.404 e. The Kier molecular flexibility index (Phi) is 10.6. The van der Waals surface area contributed by atoms with E-state index in [0.717, 1.165) is 45.7 Å². The van der Waals surface area contributed by atoms with Crippen LogP contribution in [-0.2, 0) is 6.42 Å². The lowest BCUT2D eigenvalue weighted by molar-refractivity contribution is 0.283. The Labute approximate surface area is 190 Å². The van der Waals surface area contributed by atoms with Gasteiger partial charge in [0.2, 0.25) is 0 Å². The third-order valence-corrected chi connectivity index (χ3v) is 5.95. The molecule has 164 valence electrons. The molecule has 1 aromatic rings. The molecule has 6 nitrogen and oxygen atoms in total. The third-order valence-electron chi connectivity index (χ3n) is 4.79. The van der Waals surface area contributed by atoms with Crippen LogP contribution in [0.25, 0.3) is 0 Å². The average molecular weight is 437 g/mol. The molecule has 7 heteroatoms. The molecule has 31 heavy (non-hydrogen) atoms. The molecule has 0 saturated carbocycles. The fourth-order valence-electron chi connectivity index (χ4n) is 3.13. The van der Waals surface area contributed by atoms with Crippen LogP contribution in [0.5, 0.6) is 0 Å². The standard InChI is InChI=1S/C24H32N6S/c1-4-28-23(30-13-6-5-7-14-30)10-8-9-19(2)24(27-3)31-22-12-11-21(29-18-22)15-20(16-25)17-26/h4,8,10-12,16-18,25H,5-7,13-15,26H2,1-3H3/b20-17-,23-10+,25-16?,27-24-,28-4-. The molecule has 0 atom stereocenters. The summed E-state index contributed by atoms with van der Waals surface area (Å²) in [4.78, 5) is 16.8. The average Bonchev–Trinajstić information content (AvgIpc) is 2.81. The van der Waals surface area contributed by atoms with Crippen molar-refractivity contribution in [3.63, 3.8) is 0 Å². The molecule has 0 aliphatic carbocycles. The zero-order valence-electron chi connectivity index (χ0n) is 18.6. The number of nitrogens with one attached hydrogen (secondary N) is 1. The molecule has 0 amide bonds. The molecule has 2 rings (SSSR count). The highest BCUT2D eigenvalue weighted by atomic mass is 32.2. The summed E-state index contributed by atoms with van der Waals surface area (Å²) in [6.07, 6.45) is 14.6. The van der Waals surface area contributed by atoms with Crippen LogP contribution < -0.4 is 5.73 Å². The second kappa shape index (κ2) is 13.4. The molecule has 1 aromatic heterocycles. The summed E-state index contributed by atoms with van der Waals surface area (Å²) in [6.45, 7) is 6.07. The molecule has 1 fully saturated rings. The Hall–Kier alpha value is -2.89.